The summed E-state index contributed by atoms with van der Waals surface area (Å²) in [5.41, 5.74) is 3.73. The summed E-state index contributed by atoms with van der Waals surface area (Å²) in [7, 11) is 1.70. The van der Waals surface area contributed by atoms with Crippen molar-refractivity contribution >= 4 is 10.9 Å². The molecule has 4 rings (SSSR count). The minimum absolute atomic E-state index is 0.0984. The van der Waals surface area contributed by atoms with Gasteiger partial charge in [-0.05, 0) is 22.8 Å². The number of H-pyrrole nitrogens is 1. The first-order valence-corrected chi connectivity index (χ1v) is 8.52. The molecule has 0 radical (unpaired) electrons. The molecule has 0 saturated carbocycles. The molecule has 0 atom stereocenters. The van der Waals surface area contributed by atoms with Crippen LogP contribution in [-0.2, 0) is 26.9 Å². The number of alkyl halides is 2. The molecule has 0 bridgehead atoms. The van der Waals surface area contributed by atoms with Gasteiger partial charge in [0.2, 0.25) is 0 Å². The molecule has 3 heterocycles. The molecule has 7 heteroatoms. The highest BCUT2D eigenvalue weighted by Crippen LogP contribution is 2.25. The minimum atomic E-state index is -0.643. The topological polar surface area (TPSA) is 55.6 Å². The maximum Gasteiger partial charge on any atom is 0.274 e. The van der Waals surface area contributed by atoms with E-state index in [4.69, 9.17) is 0 Å². The lowest BCUT2D eigenvalue weighted by atomic mass is 10.1. The van der Waals surface area contributed by atoms with Gasteiger partial charge in [0.15, 0.2) is 0 Å². The van der Waals surface area contributed by atoms with Crippen molar-refractivity contribution in [3.05, 3.63) is 76.2 Å². The van der Waals surface area contributed by atoms with Gasteiger partial charge in [-0.25, -0.2) is 13.8 Å². The quantitative estimate of drug-likeness (QED) is 0.584. The lowest BCUT2D eigenvalue weighted by molar-refractivity contribution is 0.472. The molecule has 1 aromatic carbocycles. The molecule has 0 amide bonds. The summed E-state index contributed by atoms with van der Waals surface area (Å²) in [4.78, 5) is 19.6. The van der Waals surface area contributed by atoms with Gasteiger partial charge in [0.05, 0.1) is 12.0 Å². The second-order valence-electron chi connectivity index (χ2n) is 6.53. The Hall–Kier alpha value is -3.22. The van der Waals surface area contributed by atoms with Crippen LogP contribution in [0.15, 0.2) is 54.0 Å². The number of pyridine rings is 1. The smallest absolute Gasteiger partial charge is 0.274 e. The van der Waals surface area contributed by atoms with Crippen molar-refractivity contribution in [2.45, 2.75) is 19.9 Å². The third-order valence-electron chi connectivity index (χ3n) is 4.73. The van der Waals surface area contributed by atoms with Crippen LogP contribution in [0, 0.1) is 0 Å². The normalized spacial score (nSPS) is 11.4. The molecule has 1 N–H and O–H groups in total. The van der Waals surface area contributed by atoms with E-state index in [1.807, 2.05) is 16.8 Å². The van der Waals surface area contributed by atoms with E-state index in [0.717, 1.165) is 22.2 Å². The fourth-order valence-electron chi connectivity index (χ4n) is 3.30. The van der Waals surface area contributed by atoms with Crippen LogP contribution in [0.5, 0.6) is 0 Å². The number of halogens is 2. The summed E-state index contributed by atoms with van der Waals surface area (Å²) in [5.74, 6) is 0. The molecule has 4 aromatic rings. The zero-order chi connectivity index (χ0) is 19.0. The van der Waals surface area contributed by atoms with E-state index in [9.17, 15) is 13.6 Å². The van der Waals surface area contributed by atoms with Gasteiger partial charge >= 0.3 is 0 Å². The fraction of sp³-hybridized carbons (Fsp3) is 0.200. The lowest BCUT2D eigenvalue weighted by Crippen LogP contribution is -2.16. The molecular formula is C20H18F2N4O. The maximum atomic E-state index is 13.3. The number of aromatic nitrogens is 4. The van der Waals surface area contributed by atoms with E-state index in [1.54, 1.807) is 44.0 Å². The zero-order valence-electron chi connectivity index (χ0n) is 14.7. The fourth-order valence-corrected chi connectivity index (χ4v) is 3.30. The maximum absolute atomic E-state index is 13.3. The lowest BCUT2D eigenvalue weighted by Gasteiger charge is -2.09. The number of hydrogen-bond acceptors (Lipinski definition) is 2. The Morgan fingerprint density at radius 1 is 1.11 bits per heavy atom. The van der Waals surface area contributed by atoms with Gasteiger partial charge in [-0.3, -0.25) is 4.79 Å². The van der Waals surface area contributed by atoms with Crippen molar-refractivity contribution in [2.75, 3.05) is 0 Å². The number of imidazole rings is 1. The van der Waals surface area contributed by atoms with Gasteiger partial charge in [-0.2, -0.15) is 0 Å². The molecule has 0 saturated heterocycles. The molecule has 0 aliphatic carbocycles. The Kier molecular flexibility index (Phi) is 4.35. The van der Waals surface area contributed by atoms with E-state index < -0.39 is 13.3 Å². The molecule has 0 spiro atoms. The average Bonchev–Trinajstić information content (AvgIpc) is 3.35. The minimum Gasteiger partial charge on any atom is -0.357 e. The first-order chi connectivity index (χ1) is 13.1. The van der Waals surface area contributed by atoms with Crippen molar-refractivity contribution in [3.8, 4) is 11.3 Å². The summed E-state index contributed by atoms with van der Waals surface area (Å²) in [6.45, 7) is -0.821. The summed E-state index contributed by atoms with van der Waals surface area (Å²) in [6, 6.07) is 6.83. The SMILES string of the molecule is Cn1cc(-c2cn(Cc3ccc(CF)cc3CF)cn2)c2cc[nH]c2c1=O. The van der Waals surface area contributed by atoms with Gasteiger partial charge in [0.1, 0.15) is 18.9 Å². The Labute approximate surface area is 153 Å². The monoisotopic (exact) mass is 368 g/mol. The number of aromatic amines is 1. The largest absolute Gasteiger partial charge is 0.357 e. The zero-order valence-corrected chi connectivity index (χ0v) is 14.7. The van der Waals surface area contributed by atoms with E-state index in [1.165, 1.54) is 4.57 Å². The summed E-state index contributed by atoms with van der Waals surface area (Å²) in [6.07, 6.45) is 7.02. The highest BCUT2D eigenvalue weighted by molar-refractivity contribution is 5.93. The van der Waals surface area contributed by atoms with Crippen molar-refractivity contribution < 1.29 is 8.78 Å². The summed E-state index contributed by atoms with van der Waals surface area (Å²) >= 11 is 0. The van der Waals surface area contributed by atoms with Crippen LogP contribution in [0.4, 0.5) is 8.78 Å². The van der Waals surface area contributed by atoms with Crippen LogP contribution >= 0.6 is 0 Å². The molecule has 138 valence electrons. The van der Waals surface area contributed by atoms with Gasteiger partial charge in [0.25, 0.3) is 5.56 Å². The van der Waals surface area contributed by atoms with Crippen LogP contribution in [0.25, 0.3) is 22.2 Å². The van der Waals surface area contributed by atoms with E-state index in [2.05, 4.69) is 9.97 Å². The molecule has 0 fully saturated rings. The van der Waals surface area contributed by atoms with Crippen LogP contribution in [0.2, 0.25) is 0 Å². The number of nitrogens with one attached hydrogen (secondary N) is 1. The van der Waals surface area contributed by atoms with Gasteiger partial charge in [0, 0.05) is 43.1 Å². The van der Waals surface area contributed by atoms with E-state index in [-0.39, 0.29) is 5.56 Å². The molecule has 27 heavy (non-hydrogen) atoms. The van der Waals surface area contributed by atoms with Gasteiger partial charge < -0.3 is 14.1 Å². The molecule has 3 aromatic heterocycles. The van der Waals surface area contributed by atoms with Crippen molar-refractivity contribution in [3.63, 3.8) is 0 Å². The average molecular weight is 368 g/mol. The second kappa shape index (κ2) is 6.83. The van der Waals surface area contributed by atoms with Crippen LogP contribution < -0.4 is 5.56 Å². The number of nitrogens with zero attached hydrogens (tertiary/aromatic N) is 3. The Morgan fingerprint density at radius 2 is 1.96 bits per heavy atom. The third kappa shape index (κ3) is 3.05. The van der Waals surface area contributed by atoms with Crippen molar-refractivity contribution in [2.24, 2.45) is 7.05 Å². The van der Waals surface area contributed by atoms with Gasteiger partial charge in [-0.1, -0.05) is 18.2 Å². The Balaban J connectivity index is 1.70. The summed E-state index contributed by atoms with van der Waals surface area (Å²) < 4.78 is 29.5. The van der Waals surface area contributed by atoms with Crippen LogP contribution in [-0.4, -0.2) is 19.1 Å². The molecule has 0 aliphatic heterocycles. The molecule has 5 nitrogen and oxygen atoms in total. The predicted molar refractivity (Wildman–Crippen MR) is 99.9 cm³/mol. The first kappa shape index (κ1) is 17.2. The molecule has 0 unspecified atom stereocenters. The van der Waals surface area contributed by atoms with E-state index in [0.29, 0.717) is 23.2 Å². The number of hydrogen-bond donors (Lipinski definition) is 1. The van der Waals surface area contributed by atoms with Gasteiger partial charge in [-0.15, -0.1) is 0 Å². The number of rotatable bonds is 5. The molecule has 0 aliphatic rings. The Bertz CT molecular complexity index is 1170. The highest BCUT2D eigenvalue weighted by Gasteiger charge is 2.13. The van der Waals surface area contributed by atoms with Crippen LogP contribution in [0.3, 0.4) is 0 Å². The van der Waals surface area contributed by atoms with Crippen LogP contribution in [0.1, 0.15) is 16.7 Å². The molecular weight excluding hydrogens is 350 g/mol. The number of benzene rings is 1. The Morgan fingerprint density at radius 3 is 2.74 bits per heavy atom. The highest BCUT2D eigenvalue weighted by atomic mass is 19.1. The standard InChI is InChI=1S/C20H18F2N4O/c1-25-10-17(16-4-5-23-19(16)20(25)27)18-11-26(12-24-18)9-14-3-2-13(7-21)6-15(14)8-22/h2-6,10-12,23H,7-9H2,1H3. The van der Waals surface area contributed by atoms with Crippen molar-refractivity contribution in [1.29, 1.82) is 0 Å². The van der Waals surface area contributed by atoms with Crippen molar-refractivity contribution in [1.82, 2.24) is 19.1 Å². The second-order valence-corrected chi connectivity index (χ2v) is 6.53. The predicted octanol–water partition coefficient (Wildman–Crippen LogP) is 3.72. The first-order valence-electron chi connectivity index (χ1n) is 8.52. The third-order valence-corrected chi connectivity index (χ3v) is 4.73. The van der Waals surface area contributed by atoms with E-state index >= 15 is 0 Å². The summed E-state index contributed by atoms with van der Waals surface area (Å²) in [5, 5.41) is 0.806. The number of fused-ring (bicyclic) bond motifs is 1. The number of aryl methyl sites for hydroxylation is 1.